The van der Waals surface area contributed by atoms with E-state index >= 15 is 0 Å². The first-order valence-electron chi connectivity index (χ1n) is 9.75. The predicted molar refractivity (Wildman–Crippen MR) is 103 cm³/mol. The molecule has 0 spiro atoms. The number of hydrogen-bond acceptors (Lipinski definition) is 5. The van der Waals surface area contributed by atoms with E-state index in [0.29, 0.717) is 12.1 Å². The fraction of sp³-hybridized carbons (Fsp3) is 0.632. The van der Waals surface area contributed by atoms with Crippen molar-refractivity contribution in [3.05, 3.63) is 29.8 Å². The standard InChI is InChI=1S/C19H29N3O4S/c23-19(20-10-11-22-12-14-26-15-13-22)16-6-8-18(9-7-16)27(24,25)21-17-4-2-1-3-5-17/h6-9,17,21H,1-5,10-15H2,(H,20,23). The van der Waals surface area contributed by atoms with E-state index < -0.39 is 10.0 Å². The second-order valence-corrected chi connectivity index (χ2v) is 8.90. The van der Waals surface area contributed by atoms with E-state index in [1.54, 1.807) is 12.1 Å². The molecule has 27 heavy (non-hydrogen) atoms. The Bertz CT molecular complexity index is 709. The lowest BCUT2D eigenvalue weighted by Crippen LogP contribution is -2.41. The molecule has 0 unspecified atom stereocenters. The summed E-state index contributed by atoms with van der Waals surface area (Å²) in [5.74, 6) is -0.188. The van der Waals surface area contributed by atoms with Gasteiger partial charge in [-0.1, -0.05) is 19.3 Å². The summed E-state index contributed by atoms with van der Waals surface area (Å²) < 4.78 is 33.1. The molecule has 1 saturated carbocycles. The fourth-order valence-corrected chi connectivity index (χ4v) is 4.85. The van der Waals surface area contributed by atoms with Crippen molar-refractivity contribution in [2.75, 3.05) is 39.4 Å². The molecule has 2 fully saturated rings. The molecular weight excluding hydrogens is 366 g/mol. The maximum absolute atomic E-state index is 12.5. The van der Waals surface area contributed by atoms with Crippen molar-refractivity contribution in [1.29, 1.82) is 0 Å². The van der Waals surface area contributed by atoms with Crippen molar-refractivity contribution in [3.63, 3.8) is 0 Å². The normalized spacial score (nSPS) is 19.7. The largest absolute Gasteiger partial charge is 0.379 e. The van der Waals surface area contributed by atoms with Gasteiger partial charge in [0.1, 0.15) is 0 Å². The van der Waals surface area contributed by atoms with Gasteiger partial charge in [0, 0.05) is 37.8 Å². The van der Waals surface area contributed by atoms with E-state index in [1.165, 1.54) is 18.6 Å². The highest BCUT2D eigenvalue weighted by Crippen LogP contribution is 2.20. The number of ether oxygens (including phenoxy) is 1. The first kappa shape index (κ1) is 20.3. The lowest BCUT2D eigenvalue weighted by molar-refractivity contribution is 0.0383. The summed E-state index contributed by atoms with van der Waals surface area (Å²) in [6.45, 7) is 4.58. The summed E-state index contributed by atoms with van der Waals surface area (Å²) in [6, 6.07) is 6.16. The van der Waals surface area contributed by atoms with Gasteiger partial charge in [0.2, 0.25) is 10.0 Å². The number of sulfonamides is 1. The molecule has 0 radical (unpaired) electrons. The summed E-state index contributed by atoms with van der Waals surface area (Å²) in [5, 5.41) is 2.88. The number of morpholine rings is 1. The molecule has 0 aromatic heterocycles. The van der Waals surface area contributed by atoms with Crippen LogP contribution < -0.4 is 10.0 Å². The molecule has 1 aromatic carbocycles. The third-order valence-electron chi connectivity index (χ3n) is 5.17. The summed E-state index contributed by atoms with van der Waals surface area (Å²) >= 11 is 0. The van der Waals surface area contributed by atoms with Crippen molar-refractivity contribution >= 4 is 15.9 Å². The van der Waals surface area contributed by atoms with Crippen molar-refractivity contribution in [1.82, 2.24) is 14.9 Å². The average molecular weight is 396 g/mol. The number of rotatable bonds is 7. The molecule has 2 N–H and O–H groups in total. The molecule has 150 valence electrons. The number of hydrogen-bond donors (Lipinski definition) is 2. The van der Waals surface area contributed by atoms with Crippen LogP contribution in [0.5, 0.6) is 0 Å². The van der Waals surface area contributed by atoms with Crippen molar-refractivity contribution < 1.29 is 17.9 Å². The molecule has 0 bridgehead atoms. The van der Waals surface area contributed by atoms with E-state index in [2.05, 4.69) is 14.9 Å². The Kier molecular flexibility index (Phi) is 7.23. The van der Waals surface area contributed by atoms with Crippen LogP contribution in [0.2, 0.25) is 0 Å². The summed E-state index contributed by atoms with van der Waals surface area (Å²) in [5.41, 5.74) is 0.466. The maximum atomic E-state index is 12.5. The second kappa shape index (κ2) is 9.64. The number of carbonyl (C=O) groups excluding carboxylic acids is 1. The van der Waals surface area contributed by atoms with Crippen LogP contribution in [-0.2, 0) is 14.8 Å². The zero-order valence-electron chi connectivity index (χ0n) is 15.7. The minimum absolute atomic E-state index is 0.0203. The van der Waals surface area contributed by atoms with Gasteiger partial charge in [-0.05, 0) is 37.1 Å². The van der Waals surface area contributed by atoms with E-state index in [9.17, 15) is 13.2 Å². The van der Waals surface area contributed by atoms with Crippen LogP contribution in [0.25, 0.3) is 0 Å². The second-order valence-electron chi connectivity index (χ2n) is 7.19. The minimum atomic E-state index is -3.53. The van der Waals surface area contributed by atoms with E-state index in [0.717, 1.165) is 58.5 Å². The highest BCUT2D eigenvalue weighted by Gasteiger charge is 2.22. The van der Waals surface area contributed by atoms with Crippen LogP contribution in [-0.4, -0.2) is 64.7 Å². The van der Waals surface area contributed by atoms with Crippen LogP contribution in [0.15, 0.2) is 29.2 Å². The zero-order valence-corrected chi connectivity index (χ0v) is 16.5. The molecule has 1 aliphatic heterocycles. The lowest BCUT2D eigenvalue weighted by Gasteiger charge is -2.26. The Balaban J connectivity index is 1.50. The van der Waals surface area contributed by atoms with Gasteiger partial charge in [-0.3, -0.25) is 9.69 Å². The minimum Gasteiger partial charge on any atom is -0.379 e. The highest BCUT2D eigenvalue weighted by atomic mass is 32.2. The number of benzene rings is 1. The Hall–Kier alpha value is -1.48. The SMILES string of the molecule is O=C(NCCN1CCOCC1)c1ccc(S(=O)(=O)NC2CCCCC2)cc1. The van der Waals surface area contributed by atoms with Crippen LogP contribution in [0.4, 0.5) is 0 Å². The zero-order chi connectivity index (χ0) is 19.1. The van der Waals surface area contributed by atoms with Crippen LogP contribution >= 0.6 is 0 Å². The molecule has 1 aromatic rings. The third kappa shape index (κ3) is 6.00. The van der Waals surface area contributed by atoms with Gasteiger partial charge in [0.05, 0.1) is 18.1 Å². The van der Waals surface area contributed by atoms with Crippen molar-refractivity contribution in [3.8, 4) is 0 Å². The smallest absolute Gasteiger partial charge is 0.251 e. The molecule has 1 saturated heterocycles. The van der Waals surface area contributed by atoms with Gasteiger partial charge < -0.3 is 10.1 Å². The van der Waals surface area contributed by atoms with Gasteiger partial charge in [-0.25, -0.2) is 13.1 Å². The molecule has 1 aliphatic carbocycles. The monoisotopic (exact) mass is 395 g/mol. The van der Waals surface area contributed by atoms with E-state index in [-0.39, 0.29) is 16.8 Å². The molecule has 1 heterocycles. The van der Waals surface area contributed by atoms with Gasteiger partial charge in [-0.15, -0.1) is 0 Å². The topological polar surface area (TPSA) is 87.7 Å². The highest BCUT2D eigenvalue weighted by molar-refractivity contribution is 7.89. The Morgan fingerprint density at radius 1 is 1.07 bits per heavy atom. The third-order valence-corrected chi connectivity index (χ3v) is 6.71. The van der Waals surface area contributed by atoms with Crippen molar-refractivity contribution in [2.45, 2.75) is 43.0 Å². The van der Waals surface area contributed by atoms with Gasteiger partial charge >= 0.3 is 0 Å². The van der Waals surface area contributed by atoms with Crippen LogP contribution in [0, 0.1) is 0 Å². The molecule has 0 atom stereocenters. The number of nitrogens with zero attached hydrogens (tertiary/aromatic N) is 1. The maximum Gasteiger partial charge on any atom is 0.251 e. The summed E-state index contributed by atoms with van der Waals surface area (Å²) in [4.78, 5) is 14.7. The molecule has 8 heteroatoms. The Morgan fingerprint density at radius 2 is 1.74 bits per heavy atom. The number of nitrogens with one attached hydrogen (secondary N) is 2. The first-order valence-corrected chi connectivity index (χ1v) is 11.2. The Labute approximate surface area is 161 Å². The summed E-state index contributed by atoms with van der Waals surface area (Å²) in [7, 11) is -3.53. The molecule has 2 aliphatic rings. The van der Waals surface area contributed by atoms with Gasteiger partial charge in [-0.2, -0.15) is 0 Å². The average Bonchev–Trinajstić information content (AvgIpc) is 2.69. The van der Waals surface area contributed by atoms with Crippen LogP contribution in [0.1, 0.15) is 42.5 Å². The van der Waals surface area contributed by atoms with E-state index in [4.69, 9.17) is 4.74 Å². The first-order chi connectivity index (χ1) is 13.0. The quantitative estimate of drug-likeness (QED) is 0.728. The van der Waals surface area contributed by atoms with Gasteiger partial charge in [0.15, 0.2) is 0 Å². The molecule has 3 rings (SSSR count). The molecule has 7 nitrogen and oxygen atoms in total. The van der Waals surface area contributed by atoms with Gasteiger partial charge in [0.25, 0.3) is 5.91 Å². The van der Waals surface area contributed by atoms with E-state index in [1.807, 2.05) is 0 Å². The molecule has 1 amide bonds. The number of amides is 1. The molecular formula is C19H29N3O4S. The number of carbonyl (C=O) groups is 1. The summed E-state index contributed by atoms with van der Waals surface area (Å²) in [6.07, 6.45) is 5.09. The fourth-order valence-electron chi connectivity index (χ4n) is 3.55. The Morgan fingerprint density at radius 3 is 2.41 bits per heavy atom. The van der Waals surface area contributed by atoms with Crippen LogP contribution in [0.3, 0.4) is 0 Å². The predicted octanol–water partition coefficient (Wildman–Crippen LogP) is 1.36. The van der Waals surface area contributed by atoms with Crippen molar-refractivity contribution in [2.24, 2.45) is 0 Å². The lowest BCUT2D eigenvalue weighted by atomic mass is 9.96.